The van der Waals surface area contributed by atoms with E-state index in [1.807, 2.05) is 12.1 Å². The van der Waals surface area contributed by atoms with Crippen molar-refractivity contribution in [3.8, 4) is 0 Å². The maximum absolute atomic E-state index is 5.72. The van der Waals surface area contributed by atoms with E-state index in [2.05, 4.69) is 10.3 Å². The highest BCUT2D eigenvalue weighted by Gasteiger charge is 1.93. The number of nitrogens with zero attached hydrogens (tertiary/aromatic N) is 1. The zero-order valence-electron chi connectivity index (χ0n) is 9.41. The summed E-state index contributed by atoms with van der Waals surface area (Å²) < 4.78 is 10.2. The van der Waals surface area contributed by atoms with Crippen molar-refractivity contribution in [1.82, 2.24) is 4.98 Å². The summed E-state index contributed by atoms with van der Waals surface area (Å²) in [5.41, 5.74) is 0. The molecular formula is C11H17ClN2O2. The Hall–Kier alpha value is -0.840. The summed E-state index contributed by atoms with van der Waals surface area (Å²) in [7, 11) is 1.66. The second-order valence-electron chi connectivity index (χ2n) is 3.25. The molecule has 0 aliphatic carbocycles. The first-order valence-corrected chi connectivity index (χ1v) is 5.63. The molecule has 90 valence electrons. The van der Waals surface area contributed by atoms with Crippen molar-refractivity contribution in [3.05, 3.63) is 23.4 Å². The lowest BCUT2D eigenvalue weighted by Gasteiger charge is -2.06. The van der Waals surface area contributed by atoms with Gasteiger partial charge in [-0.25, -0.2) is 4.98 Å². The van der Waals surface area contributed by atoms with Gasteiger partial charge in [0.15, 0.2) is 0 Å². The molecule has 0 saturated heterocycles. The van der Waals surface area contributed by atoms with Crippen LogP contribution in [-0.4, -0.2) is 38.5 Å². The van der Waals surface area contributed by atoms with Gasteiger partial charge in [-0.05, 0) is 18.6 Å². The minimum absolute atomic E-state index is 0.645. The highest BCUT2D eigenvalue weighted by molar-refractivity contribution is 6.30. The number of methoxy groups -OCH3 is 1. The van der Waals surface area contributed by atoms with Crippen LogP contribution in [0.2, 0.25) is 5.02 Å². The number of pyridine rings is 1. The van der Waals surface area contributed by atoms with Gasteiger partial charge in [-0.1, -0.05) is 11.6 Å². The minimum Gasteiger partial charge on any atom is -0.382 e. The first kappa shape index (κ1) is 13.2. The molecule has 1 N–H and O–H groups in total. The summed E-state index contributed by atoms with van der Waals surface area (Å²) in [4.78, 5) is 4.12. The lowest BCUT2D eigenvalue weighted by molar-refractivity contribution is 0.0705. The van der Waals surface area contributed by atoms with Crippen LogP contribution in [0.5, 0.6) is 0 Å². The van der Waals surface area contributed by atoms with Crippen molar-refractivity contribution in [2.45, 2.75) is 6.42 Å². The van der Waals surface area contributed by atoms with Crippen LogP contribution in [0.15, 0.2) is 18.3 Å². The van der Waals surface area contributed by atoms with Gasteiger partial charge in [0.05, 0.1) is 18.2 Å². The molecule has 1 aromatic heterocycles. The van der Waals surface area contributed by atoms with E-state index in [4.69, 9.17) is 21.1 Å². The topological polar surface area (TPSA) is 43.4 Å². The Morgan fingerprint density at radius 3 is 2.88 bits per heavy atom. The van der Waals surface area contributed by atoms with Crippen LogP contribution in [0.3, 0.4) is 0 Å². The maximum Gasteiger partial charge on any atom is 0.125 e. The fourth-order valence-electron chi connectivity index (χ4n) is 1.12. The van der Waals surface area contributed by atoms with E-state index in [-0.39, 0.29) is 0 Å². The molecular weight excluding hydrogens is 228 g/mol. The van der Waals surface area contributed by atoms with Gasteiger partial charge in [0.25, 0.3) is 0 Å². The van der Waals surface area contributed by atoms with Gasteiger partial charge in [-0.15, -0.1) is 0 Å². The molecule has 1 aromatic rings. The Bertz CT molecular complexity index is 280. The SMILES string of the molecule is COCCOCCCNc1ccc(Cl)cn1. The van der Waals surface area contributed by atoms with Gasteiger partial charge in [0.2, 0.25) is 0 Å². The molecule has 16 heavy (non-hydrogen) atoms. The van der Waals surface area contributed by atoms with Gasteiger partial charge in [0.1, 0.15) is 5.82 Å². The van der Waals surface area contributed by atoms with Gasteiger partial charge in [0, 0.05) is 26.5 Å². The van der Waals surface area contributed by atoms with Gasteiger partial charge >= 0.3 is 0 Å². The molecule has 4 nitrogen and oxygen atoms in total. The normalized spacial score (nSPS) is 10.4. The average molecular weight is 245 g/mol. The van der Waals surface area contributed by atoms with Crippen molar-refractivity contribution in [3.63, 3.8) is 0 Å². The summed E-state index contributed by atoms with van der Waals surface area (Å²) in [6.07, 6.45) is 2.56. The second kappa shape index (κ2) is 8.33. The van der Waals surface area contributed by atoms with E-state index in [1.54, 1.807) is 13.3 Å². The highest BCUT2D eigenvalue weighted by Crippen LogP contribution is 2.09. The molecule has 0 bridgehead atoms. The van der Waals surface area contributed by atoms with Gasteiger partial charge < -0.3 is 14.8 Å². The fraction of sp³-hybridized carbons (Fsp3) is 0.545. The van der Waals surface area contributed by atoms with E-state index < -0.39 is 0 Å². The standard InChI is InChI=1S/C11H17ClN2O2/c1-15-7-8-16-6-2-5-13-11-4-3-10(12)9-14-11/h3-4,9H,2,5-8H2,1H3,(H,13,14). The fourth-order valence-corrected chi connectivity index (χ4v) is 1.23. The molecule has 0 amide bonds. The summed E-state index contributed by atoms with van der Waals surface area (Å²) in [6.45, 7) is 2.85. The zero-order valence-corrected chi connectivity index (χ0v) is 10.2. The first-order chi connectivity index (χ1) is 7.83. The van der Waals surface area contributed by atoms with Crippen molar-refractivity contribution >= 4 is 17.4 Å². The van der Waals surface area contributed by atoms with E-state index in [0.717, 1.165) is 25.4 Å². The van der Waals surface area contributed by atoms with Crippen LogP contribution >= 0.6 is 11.6 Å². The van der Waals surface area contributed by atoms with Crippen molar-refractivity contribution in [1.29, 1.82) is 0 Å². The molecule has 0 aromatic carbocycles. The van der Waals surface area contributed by atoms with E-state index >= 15 is 0 Å². The lowest BCUT2D eigenvalue weighted by atomic mass is 10.4. The molecule has 5 heteroatoms. The second-order valence-corrected chi connectivity index (χ2v) is 3.68. The summed E-state index contributed by atoms with van der Waals surface area (Å²) in [5, 5.41) is 3.83. The van der Waals surface area contributed by atoms with E-state index in [1.165, 1.54) is 0 Å². The molecule has 1 rings (SSSR count). The van der Waals surface area contributed by atoms with Crippen LogP contribution in [0, 0.1) is 0 Å². The highest BCUT2D eigenvalue weighted by atomic mass is 35.5. The Morgan fingerprint density at radius 2 is 2.19 bits per heavy atom. The Morgan fingerprint density at radius 1 is 1.31 bits per heavy atom. The molecule has 0 radical (unpaired) electrons. The number of ether oxygens (including phenoxy) is 2. The van der Waals surface area contributed by atoms with Crippen LogP contribution in [0.25, 0.3) is 0 Å². The Balaban J connectivity index is 2.01. The van der Waals surface area contributed by atoms with Crippen molar-refractivity contribution < 1.29 is 9.47 Å². The third-order valence-corrected chi connectivity index (χ3v) is 2.15. The molecule has 0 saturated carbocycles. The number of anilines is 1. The predicted molar refractivity (Wildman–Crippen MR) is 65.0 cm³/mol. The quantitative estimate of drug-likeness (QED) is 0.712. The largest absolute Gasteiger partial charge is 0.382 e. The summed E-state index contributed by atoms with van der Waals surface area (Å²) >= 11 is 5.72. The zero-order chi connectivity index (χ0) is 11.6. The molecule has 1 heterocycles. The number of aromatic nitrogens is 1. The van der Waals surface area contributed by atoms with Gasteiger partial charge in [-0.2, -0.15) is 0 Å². The van der Waals surface area contributed by atoms with Crippen molar-refractivity contribution in [2.24, 2.45) is 0 Å². The molecule has 0 atom stereocenters. The Labute approximate surface area is 101 Å². The summed E-state index contributed by atoms with van der Waals surface area (Å²) in [5.74, 6) is 0.835. The monoisotopic (exact) mass is 244 g/mol. The molecule has 0 unspecified atom stereocenters. The summed E-state index contributed by atoms with van der Waals surface area (Å²) in [6, 6.07) is 3.67. The smallest absolute Gasteiger partial charge is 0.125 e. The van der Waals surface area contributed by atoms with E-state index in [0.29, 0.717) is 18.2 Å². The van der Waals surface area contributed by atoms with E-state index in [9.17, 15) is 0 Å². The minimum atomic E-state index is 0.645. The van der Waals surface area contributed by atoms with Crippen LogP contribution in [-0.2, 0) is 9.47 Å². The molecule has 0 spiro atoms. The van der Waals surface area contributed by atoms with Crippen molar-refractivity contribution in [2.75, 3.05) is 38.8 Å². The molecule has 0 aliphatic rings. The maximum atomic E-state index is 5.72. The number of nitrogens with one attached hydrogen (secondary N) is 1. The average Bonchev–Trinajstić information content (AvgIpc) is 2.30. The number of halogens is 1. The Kier molecular flexibility index (Phi) is 6.88. The number of hydrogen-bond acceptors (Lipinski definition) is 4. The van der Waals surface area contributed by atoms with Gasteiger partial charge in [-0.3, -0.25) is 0 Å². The van der Waals surface area contributed by atoms with Crippen LogP contribution < -0.4 is 5.32 Å². The predicted octanol–water partition coefficient (Wildman–Crippen LogP) is 2.20. The van der Waals surface area contributed by atoms with Crippen LogP contribution in [0.4, 0.5) is 5.82 Å². The lowest BCUT2D eigenvalue weighted by Crippen LogP contribution is -2.08. The molecule has 0 aliphatic heterocycles. The third-order valence-electron chi connectivity index (χ3n) is 1.93. The molecule has 0 fully saturated rings. The first-order valence-electron chi connectivity index (χ1n) is 5.25. The number of hydrogen-bond donors (Lipinski definition) is 1. The van der Waals surface area contributed by atoms with Crippen LogP contribution in [0.1, 0.15) is 6.42 Å². The number of rotatable bonds is 8. The third kappa shape index (κ3) is 5.90.